The van der Waals surface area contributed by atoms with Crippen LogP contribution < -0.4 is 0 Å². The third-order valence-electron chi connectivity index (χ3n) is 3.97. The van der Waals surface area contributed by atoms with E-state index in [-0.39, 0.29) is 0 Å². The van der Waals surface area contributed by atoms with Gasteiger partial charge in [-0.25, -0.2) is 0 Å². The summed E-state index contributed by atoms with van der Waals surface area (Å²) in [7, 11) is 0. The number of rotatable bonds is 5. The minimum atomic E-state index is 0.668. The summed E-state index contributed by atoms with van der Waals surface area (Å²) in [4.78, 5) is 0. The van der Waals surface area contributed by atoms with Crippen molar-refractivity contribution in [1.82, 2.24) is 0 Å². The molecule has 0 N–H and O–H groups in total. The first-order valence-corrected chi connectivity index (χ1v) is 7.43. The van der Waals surface area contributed by atoms with Crippen molar-refractivity contribution in [2.75, 3.05) is 5.88 Å². The molecule has 0 amide bonds. The van der Waals surface area contributed by atoms with E-state index in [2.05, 4.69) is 31.2 Å². The van der Waals surface area contributed by atoms with Crippen LogP contribution in [0.15, 0.2) is 24.3 Å². The smallest absolute Gasteiger partial charge is 0.0255 e. The van der Waals surface area contributed by atoms with Crippen molar-refractivity contribution in [3.05, 3.63) is 35.4 Å². The average Bonchev–Trinajstić information content (AvgIpc) is 2.81. The first-order chi connectivity index (χ1) is 8.28. The number of hydrogen-bond donors (Lipinski definition) is 0. The van der Waals surface area contributed by atoms with E-state index in [1.807, 2.05) is 0 Å². The van der Waals surface area contributed by atoms with Crippen molar-refractivity contribution in [2.24, 2.45) is 11.8 Å². The van der Waals surface area contributed by atoms with Crippen LogP contribution in [0.1, 0.15) is 43.2 Å². The molecule has 0 spiro atoms. The Labute approximate surface area is 110 Å². The highest BCUT2D eigenvalue weighted by Gasteiger charge is 2.19. The van der Waals surface area contributed by atoms with Gasteiger partial charge in [0.15, 0.2) is 0 Å². The van der Waals surface area contributed by atoms with Crippen LogP contribution in [0.2, 0.25) is 0 Å². The van der Waals surface area contributed by atoms with Gasteiger partial charge in [0.1, 0.15) is 0 Å². The lowest BCUT2D eigenvalue weighted by atomic mass is 9.89. The van der Waals surface area contributed by atoms with Gasteiger partial charge in [-0.2, -0.15) is 0 Å². The Bertz CT molecular complexity index is 339. The van der Waals surface area contributed by atoms with Gasteiger partial charge in [-0.1, -0.05) is 55.5 Å². The quantitative estimate of drug-likeness (QED) is 0.647. The van der Waals surface area contributed by atoms with E-state index in [1.165, 1.54) is 43.2 Å². The molecule has 0 aromatic heterocycles. The van der Waals surface area contributed by atoms with E-state index < -0.39 is 0 Å². The molecule has 1 heteroatoms. The fraction of sp³-hybridized carbons (Fsp3) is 0.625. The predicted octanol–water partition coefficient (Wildman–Crippen LogP) is 4.97. The lowest BCUT2D eigenvalue weighted by Crippen LogP contribution is -2.11. The van der Waals surface area contributed by atoms with Crippen molar-refractivity contribution in [1.29, 1.82) is 0 Å². The molecule has 0 heterocycles. The standard InChI is InChI=1S/C16H23Cl/c1-13-5-4-8-15(9-13)11-16(12-17)10-14-6-2-3-7-14/h4-5,8-9,14,16H,2-3,6-7,10-12H2,1H3. The first kappa shape index (κ1) is 13.0. The third-order valence-corrected chi connectivity index (χ3v) is 4.40. The number of aryl methyl sites for hydroxylation is 1. The summed E-state index contributed by atoms with van der Waals surface area (Å²) in [5.74, 6) is 2.43. The summed E-state index contributed by atoms with van der Waals surface area (Å²) in [5, 5.41) is 0. The van der Waals surface area contributed by atoms with Gasteiger partial charge in [-0.15, -0.1) is 11.6 Å². The molecule has 1 atom stereocenters. The molecule has 0 aliphatic heterocycles. The molecule has 0 bridgehead atoms. The van der Waals surface area contributed by atoms with E-state index in [0.29, 0.717) is 5.92 Å². The van der Waals surface area contributed by atoms with Gasteiger partial charge >= 0.3 is 0 Å². The van der Waals surface area contributed by atoms with Gasteiger partial charge in [-0.3, -0.25) is 0 Å². The van der Waals surface area contributed by atoms with Crippen LogP contribution in [0.5, 0.6) is 0 Å². The highest BCUT2D eigenvalue weighted by Crippen LogP contribution is 2.31. The molecule has 0 saturated heterocycles. The highest BCUT2D eigenvalue weighted by atomic mass is 35.5. The van der Waals surface area contributed by atoms with Crippen molar-refractivity contribution in [3.8, 4) is 0 Å². The Kier molecular flexibility index (Phi) is 4.91. The average molecular weight is 251 g/mol. The molecular weight excluding hydrogens is 228 g/mol. The van der Waals surface area contributed by atoms with Gasteiger partial charge < -0.3 is 0 Å². The summed E-state index contributed by atoms with van der Waals surface area (Å²) in [6.07, 6.45) is 8.22. The number of benzene rings is 1. The maximum absolute atomic E-state index is 6.14. The fourth-order valence-electron chi connectivity index (χ4n) is 3.09. The molecule has 1 unspecified atom stereocenters. The Hall–Kier alpha value is -0.490. The van der Waals surface area contributed by atoms with Crippen molar-refractivity contribution in [3.63, 3.8) is 0 Å². The molecule has 1 aliphatic carbocycles. The van der Waals surface area contributed by atoms with E-state index in [0.717, 1.165) is 18.2 Å². The molecule has 1 aromatic carbocycles. The van der Waals surface area contributed by atoms with Crippen LogP contribution in [0, 0.1) is 18.8 Å². The second-order valence-corrected chi connectivity index (χ2v) is 5.91. The monoisotopic (exact) mass is 250 g/mol. The zero-order valence-corrected chi connectivity index (χ0v) is 11.5. The summed E-state index contributed by atoms with van der Waals surface area (Å²) in [5.41, 5.74) is 2.81. The number of alkyl halides is 1. The summed E-state index contributed by atoms with van der Waals surface area (Å²) in [6.45, 7) is 2.16. The lowest BCUT2D eigenvalue weighted by Gasteiger charge is -2.18. The second kappa shape index (κ2) is 6.44. The topological polar surface area (TPSA) is 0 Å². The van der Waals surface area contributed by atoms with Crippen LogP contribution >= 0.6 is 11.6 Å². The Morgan fingerprint density at radius 2 is 2.06 bits per heavy atom. The first-order valence-electron chi connectivity index (χ1n) is 6.89. The molecule has 1 aliphatic rings. The summed E-state index contributed by atoms with van der Waals surface area (Å²) in [6, 6.07) is 8.86. The fourth-order valence-corrected chi connectivity index (χ4v) is 3.33. The Balaban J connectivity index is 1.90. The Morgan fingerprint density at radius 1 is 1.29 bits per heavy atom. The van der Waals surface area contributed by atoms with Crippen molar-refractivity contribution < 1.29 is 0 Å². The van der Waals surface area contributed by atoms with Gasteiger partial charge in [0.05, 0.1) is 0 Å². The van der Waals surface area contributed by atoms with Crippen LogP contribution in [0.3, 0.4) is 0 Å². The summed E-state index contributed by atoms with van der Waals surface area (Å²) < 4.78 is 0. The van der Waals surface area contributed by atoms with Gasteiger partial charge in [0.2, 0.25) is 0 Å². The number of hydrogen-bond acceptors (Lipinski definition) is 0. The predicted molar refractivity (Wildman–Crippen MR) is 75.7 cm³/mol. The molecule has 1 fully saturated rings. The van der Waals surface area contributed by atoms with E-state index >= 15 is 0 Å². The molecule has 1 saturated carbocycles. The maximum Gasteiger partial charge on any atom is 0.0255 e. The number of halogens is 1. The van der Waals surface area contributed by atoms with E-state index in [1.54, 1.807) is 0 Å². The van der Waals surface area contributed by atoms with Gasteiger partial charge in [0, 0.05) is 5.88 Å². The summed E-state index contributed by atoms with van der Waals surface area (Å²) >= 11 is 6.14. The molecule has 0 radical (unpaired) electrons. The van der Waals surface area contributed by atoms with Gasteiger partial charge in [-0.05, 0) is 37.2 Å². The molecular formula is C16H23Cl. The van der Waals surface area contributed by atoms with Crippen molar-refractivity contribution >= 4 is 11.6 Å². The Morgan fingerprint density at radius 3 is 2.71 bits per heavy atom. The largest absolute Gasteiger partial charge is 0.126 e. The van der Waals surface area contributed by atoms with Crippen LogP contribution in [0.25, 0.3) is 0 Å². The zero-order valence-electron chi connectivity index (χ0n) is 10.8. The normalized spacial score (nSPS) is 18.5. The van der Waals surface area contributed by atoms with Crippen molar-refractivity contribution in [2.45, 2.75) is 45.4 Å². The highest BCUT2D eigenvalue weighted by molar-refractivity contribution is 6.18. The maximum atomic E-state index is 6.14. The molecule has 0 nitrogen and oxygen atoms in total. The minimum Gasteiger partial charge on any atom is -0.126 e. The van der Waals surface area contributed by atoms with Crippen LogP contribution in [-0.2, 0) is 6.42 Å². The SMILES string of the molecule is Cc1cccc(CC(CCl)CC2CCCC2)c1. The minimum absolute atomic E-state index is 0.668. The lowest BCUT2D eigenvalue weighted by molar-refractivity contribution is 0.399. The molecule has 1 aromatic rings. The third kappa shape index (κ3) is 4.03. The van der Waals surface area contributed by atoms with E-state index in [9.17, 15) is 0 Å². The van der Waals surface area contributed by atoms with Crippen LogP contribution in [-0.4, -0.2) is 5.88 Å². The zero-order chi connectivity index (χ0) is 12.1. The van der Waals surface area contributed by atoms with Crippen LogP contribution in [0.4, 0.5) is 0 Å². The molecule has 94 valence electrons. The van der Waals surface area contributed by atoms with E-state index in [4.69, 9.17) is 11.6 Å². The van der Waals surface area contributed by atoms with Gasteiger partial charge in [0.25, 0.3) is 0 Å². The molecule has 2 rings (SSSR count). The second-order valence-electron chi connectivity index (χ2n) is 5.60. The molecule has 17 heavy (non-hydrogen) atoms.